The quantitative estimate of drug-likeness (QED) is 0.311. The minimum atomic E-state index is -1.31. The van der Waals surface area contributed by atoms with E-state index in [-0.39, 0.29) is 11.1 Å². The summed E-state index contributed by atoms with van der Waals surface area (Å²) in [5.74, 6) is -3.22. The highest BCUT2D eigenvalue weighted by Crippen LogP contribution is 2.36. The Morgan fingerprint density at radius 1 is 0.621 bits per heavy atom. The van der Waals surface area contributed by atoms with Crippen molar-refractivity contribution in [2.24, 2.45) is 0 Å². The lowest BCUT2D eigenvalue weighted by Gasteiger charge is -2.19. The summed E-state index contributed by atoms with van der Waals surface area (Å²) in [6, 6.07) is 20.7. The molecule has 146 valence electrons. The second-order valence-corrected chi connectivity index (χ2v) is 7.17. The molecule has 0 nitrogen and oxygen atoms in total. The van der Waals surface area contributed by atoms with Crippen molar-refractivity contribution >= 4 is 10.8 Å². The van der Waals surface area contributed by atoms with Crippen LogP contribution >= 0.6 is 0 Å². The van der Waals surface area contributed by atoms with Gasteiger partial charge in [0.2, 0.25) is 0 Å². The van der Waals surface area contributed by atoms with Gasteiger partial charge in [-0.1, -0.05) is 61.5 Å². The van der Waals surface area contributed by atoms with E-state index in [9.17, 15) is 13.2 Å². The van der Waals surface area contributed by atoms with E-state index in [1.807, 2.05) is 36.4 Å². The van der Waals surface area contributed by atoms with Crippen LogP contribution in [0.1, 0.15) is 30.1 Å². The molecule has 0 saturated carbocycles. The Bertz CT molecular complexity index is 1180. The Hall–Kier alpha value is -3.14. The van der Waals surface area contributed by atoms with E-state index in [0.29, 0.717) is 11.1 Å². The molecule has 0 bridgehead atoms. The van der Waals surface area contributed by atoms with E-state index in [1.54, 1.807) is 19.1 Å². The summed E-state index contributed by atoms with van der Waals surface area (Å²) in [5.41, 5.74) is 1.39. The second kappa shape index (κ2) is 7.70. The third-order valence-electron chi connectivity index (χ3n) is 5.28. The SMILES string of the molecule is CC(c1ccc(-c2ccc(F)c(F)c2)c(F)c1)C(F)c1ccc2ccccc2c1. The molecule has 2 atom stereocenters. The molecule has 0 aliphatic rings. The van der Waals surface area contributed by atoms with Crippen molar-refractivity contribution in [3.05, 3.63) is 107 Å². The molecule has 29 heavy (non-hydrogen) atoms. The van der Waals surface area contributed by atoms with Gasteiger partial charge in [-0.3, -0.25) is 0 Å². The number of hydrogen-bond donors (Lipinski definition) is 0. The number of hydrogen-bond acceptors (Lipinski definition) is 0. The van der Waals surface area contributed by atoms with Gasteiger partial charge < -0.3 is 0 Å². The molecule has 4 rings (SSSR count). The standard InChI is InChI=1S/C25H18F4/c1-15(25(29)20-7-6-16-4-2-3-5-18(16)12-20)17-8-10-21(23(27)13-17)19-9-11-22(26)24(28)14-19/h2-15,25H,1H3. The molecular formula is C25H18F4. The minimum absolute atomic E-state index is 0.140. The Kier molecular flexibility index (Phi) is 5.10. The number of benzene rings is 4. The first kappa shape index (κ1) is 19.2. The number of rotatable bonds is 4. The number of fused-ring (bicyclic) bond motifs is 1. The molecule has 2 unspecified atom stereocenters. The predicted octanol–water partition coefficient (Wildman–Crippen LogP) is 7.74. The minimum Gasteiger partial charge on any atom is -0.242 e. The van der Waals surface area contributed by atoms with Crippen LogP contribution in [0.2, 0.25) is 0 Å². The molecule has 0 aliphatic carbocycles. The molecule has 4 heteroatoms. The lowest BCUT2D eigenvalue weighted by Crippen LogP contribution is -2.04. The van der Waals surface area contributed by atoms with Gasteiger partial charge in [0.05, 0.1) is 0 Å². The molecule has 0 aromatic heterocycles. The van der Waals surface area contributed by atoms with Crippen LogP contribution in [0.15, 0.2) is 78.9 Å². The zero-order chi connectivity index (χ0) is 20.5. The zero-order valence-electron chi connectivity index (χ0n) is 15.7. The van der Waals surface area contributed by atoms with Crippen LogP contribution in [0.4, 0.5) is 17.6 Å². The van der Waals surface area contributed by atoms with Crippen LogP contribution in [0.5, 0.6) is 0 Å². The van der Waals surface area contributed by atoms with Gasteiger partial charge >= 0.3 is 0 Å². The summed E-state index contributed by atoms with van der Waals surface area (Å²) in [7, 11) is 0. The van der Waals surface area contributed by atoms with E-state index in [1.165, 1.54) is 18.2 Å². The first-order valence-electron chi connectivity index (χ1n) is 9.31. The Labute approximate surface area is 166 Å². The predicted molar refractivity (Wildman–Crippen MR) is 108 cm³/mol. The van der Waals surface area contributed by atoms with Crippen molar-refractivity contribution in [3.63, 3.8) is 0 Å². The van der Waals surface area contributed by atoms with Crippen molar-refractivity contribution in [3.8, 4) is 11.1 Å². The van der Waals surface area contributed by atoms with Crippen LogP contribution < -0.4 is 0 Å². The van der Waals surface area contributed by atoms with Crippen LogP contribution in [0.3, 0.4) is 0 Å². The second-order valence-electron chi connectivity index (χ2n) is 7.17. The Balaban J connectivity index is 1.63. The van der Waals surface area contributed by atoms with Crippen molar-refractivity contribution in [2.45, 2.75) is 19.0 Å². The van der Waals surface area contributed by atoms with E-state index in [2.05, 4.69) is 0 Å². The third-order valence-corrected chi connectivity index (χ3v) is 5.28. The molecule has 0 amide bonds. The van der Waals surface area contributed by atoms with Crippen LogP contribution in [0.25, 0.3) is 21.9 Å². The fourth-order valence-corrected chi connectivity index (χ4v) is 3.55. The molecular weight excluding hydrogens is 376 g/mol. The smallest absolute Gasteiger partial charge is 0.159 e. The van der Waals surface area contributed by atoms with Gasteiger partial charge in [0.25, 0.3) is 0 Å². The normalized spacial score (nSPS) is 13.4. The summed E-state index contributed by atoms with van der Waals surface area (Å²) in [6.07, 6.45) is -1.31. The van der Waals surface area contributed by atoms with Crippen LogP contribution in [-0.2, 0) is 0 Å². The fourth-order valence-electron chi connectivity index (χ4n) is 3.55. The van der Waals surface area contributed by atoms with Gasteiger partial charge in [-0.05, 0) is 51.7 Å². The molecule has 4 aromatic carbocycles. The largest absolute Gasteiger partial charge is 0.242 e. The van der Waals surface area contributed by atoms with Gasteiger partial charge in [0.1, 0.15) is 12.0 Å². The molecule has 4 aromatic rings. The van der Waals surface area contributed by atoms with E-state index >= 15 is 4.39 Å². The highest BCUT2D eigenvalue weighted by atomic mass is 19.2. The Morgan fingerprint density at radius 2 is 1.34 bits per heavy atom. The lowest BCUT2D eigenvalue weighted by atomic mass is 9.89. The lowest BCUT2D eigenvalue weighted by molar-refractivity contribution is 0.299. The van der Waals surface area contributed by atoms with Crippen molar-refractivity contribution in [1.82, 2.24) is 0 Å². The molecule has 0 fully saturated rings. The Morgan fingerprint density at radius 3 is 2.07 bits per heavy atom. The molecule has 0 radical (unpaired) electrons. The molecule has 0 aliphatic heterocycles. The first-order chi connectivity index (χ1) is 13.9. The zero-order valence-corrected chi connectivity index (χ0v) is 15.7. The van der Waals surface area contributed by atoms with Crippen molar-refractivity contribution < 1.29 is 17.6 Å². The number of halogens is 4. The van der Waals surface area contributed by atoms with Crippen molar-refractivity contribution in [2.75, 3.05) is 0 Å². The van der Waals surface area contributed by atoms with E-state index < -0.39 is 29.5 Å². The maximum atomic E-state index is 15.2. The average molecular weight is 394 g/mol. The fraction of sp³-hybridized carbons (Fsp3) is 0.120. The average Bonchev–Trinajstić information content (AvgIpc) is 2.74. The summed E-state index contributed by atoms with van der Waals surface area (Å²) in [6.45, 7) is 1.70. The first-order valence-corrected chi connectivity index (χ1v) is 9.31. The van der Waals surface area contributed by atoms with Gasteiger partial charge in [-0.15, -0.1) is 0 Å². The van der Waals surface area contributed by atoms with Gasteiger partial charge in [0.15, 0.2) is 11.6 Å². The third kappa shape index (κ3) is 3.75. The monoisotopic (exact) mass is 394 g/mol. The molecule has 0 spiro atoms. The van der Waals surface area contributed by atoms with Gasteiger partial charge in [-0.2, -0.15) is 0 Å². The van der Waals surface area contributed by atoms with Gasteiger partial charge in [-0.25, -0.2) is 17.6 Å². The molecule has 0 heterocycles. The summed E-state index contributed by atoms with van der Waals surface area (Å²) >= 11 is 0. The maximum absolute atomic E-state index is 15.2. The van der Waals surface area contributed by atoms with E-state index in [0.717, 1.165) is 22.9 Å². The summed E-state index contributed by atoms with van der Waals surface area (Å²) in [5, 5.41) is 1.97. The molecule has 0 N–H and O–H groups in total. The topological polar surface area (TPSA) is 0 Å². The van der Waals surface area contributed by atoms with Crippen LogP contribution in [0, 0.1) is 17.5 Å². The van der Waals surface area contributed by atoms with E-state index in [4.69, 9.17) is 0 Å². The highest BCUT2D eigenvalue weighted by Gasteiger charge is 2.22. The molecule has 0 saturated heterocycles. The van der Waals surface area contributed by atoms with Gasteiger partial charge in [0, 0.05) is 11.5 Å². The summed E-state index contributed by atoms with van der Waals surface area (Å²) < 4.78 is 56.4. The van der Waals surface area contributed by atoms with Crippen LogP contribution in [-0.4, -0.2) is 0 Å². The van der Waals surface area contributed by atoms with Crippen molar-refractivity contribution in [1.29, 1.82) is 0 Å². The highest BCUT2D eigenvalue weighted by molar-refractivity contribution is 5.83. The maximum Gasteiger partial charge on any atom is 0.159 e. The summed E-state index contributed by atoms with van der Waals surface area (Å²) in [4.78, 5) is 0. The number of alkyl halides is 1.